The fraction of sp³-hybridized carbons (Fsp3) is 0. The van der Waals surface area contributed by atoms with E-state index < -0.39 is 10.0 Å². The van der Waals surface area contributed by atoms with Crippen LogP contribution in [-0.2, 0) is 10.0 Å². The number of sulfonamides is 1. The summed E-state index contributed by atoms with van der Waals surface area (Å²) in [5.41, 5.74) is 12.7. The maximum atomic E-state index is 12.5. The number of hydrogen-bond donors (Lipinski definition) is 4. The molecule has 0 spiro atoms. The van der Waals surface area contributed by atoms with Gasteiger partial charge in [0, 0.05) is 0 Å². The molecule has 3 rings (SSSR count). The zero-order chi connectivity index (χ0) is 19.4. The molecule has 0 saturated heterocycles. The molecular formula is C18H17As2N3O3S. The van der Waals surface area contributed by atoms with Crippen LogP contribution in [0.1, 0.15) is 0 Å². The predicted octanol–water partition coefficient (Wildman–Crippen LogP) is 0.632. The Kier molecular flexibility index (Phi) is 6.05. The zero-order valence-corrected chi connectivity index (χ0v) is 18.6. The van der Waals surface area contributed by atoms with Gasteiger partial charge in [-0.3, -0.25) is 0 Å². The van der Waals surface area contributed by atoms with Crippen LogP contribution >= 0.6 is 0 Å². The Bertz CT molecular complexity index is 1080. The summed E-state index contributed by atoms with van der Waals surface area (Å²) in [6.45, 7) is 0. The van der Waals surface area contributed by atoms with E-state index in [4.69, 9.17) is 11.5 Å². The van der Waals surface area contributed by atoms with E-state index in [1.807, 2.05) is 30.3 Å². The summed E-state index contributed by atoms with van der Waals surface area (Å²) < 4.78 is 29.8. The van der Waals surface area contributed by atoms with E-state index in [1.54, 1.807) is 6.07 Å². The first-order valence-corrected chi connectivity index (χ1v) is 16.4. The first-order chi connectivity index (χ1) is 12.8. The Balaban J connectivity index is 1.84. The summed E-state index contributed by atoms with van der Waals surface area (Å²) in [4.78, 5) is 0.0861. The van der Waals surface area contributed by atoms with E-state index in [0.717, 1.165) is 10.0 Å². The van der Waals surface area contributed by atoms with Crippen LogP contribution in [0.5, 0.6) is 5.75 Å². The first kappa shape index (κ1) is 19.7. The van der Waals surface area contributed by atoms with Crippen molar-refractivity contribution >= 4 is 62.1 Å². The molecule has 6 N–H and O–H groups in total. The fourth-order valence-corrected chi connectivity index (χ4v) is 10.3. The molecule has 27 heavy (non-hydrogen) atoms. The molecule has 6 nitrogen and oxygen atoms in total. The van der Waals surface area contributed by atoms with Gasteiger partial charge in [0.15, 0.2) is 0 Å². The summed E-state index contributed by atoms with van der Waals surface area (Å²) in [5.74, 6) is -0.109. The summed E-state index contributed by atoms with van der Waals surface area (Å²) in [6.07, 6.45) is 0. The number of aromatic hydroxyl groups is 1. The van der Waals surface area contributed by atoms with Crippen molar-refractivity contribution in [1.29, 1.82) is 0 Å². The number of rotatable bonds is 5. The molecule has 3 aromatic rings. The Morgan fingerprint density at radius 3 is 1.93 bits per heavy atom. The molecule has 0 amide bonds. The second-order valence-electron chi connectivity index (χ2n) is 5.67. The third-order valence-corrected chi connectivity index (χ3v) is 13.5. The normalized spacial score (nSPS) is 11.6. The van der Waals surface area contributed by atoms with Gasteiger partial charge >= 0.3 is 169 Å². The van der Waals surface area contributed by atoms with Gasteiger partial charge in [0.1, 0.15) is 0 Å². The summed E-state index contributed by atoms with van der Waals surface area (Å²) in [7, 11) is -3.80. The number of phenols is 1. The molecule has 0 saturated carbocycles. The molecule has 9 heteroatoms. The minimum absolute atomic E-state index is 0.0461. The van der Waals surface area contributed by atoms with Crippen LogP contribution in [0.15, 0.2) is 71.6 Å². The van der Waals surface area contributed by atoms with Gasteiger partial charge in [0.2, 0.25) is 0 Å². The molecule has 0 radical (unpaired) electrons. The van der Waals surface area contributed by atoms with Crippen LogP contribution in [0.4, 0.5) is 17.1 Å². The number of nitrogens with one attached hydrogen (secondary N) is 1. The van der Waals surface area contributed by atoms with Gasteiger partial charge < -0.3 is 0 Å². The average molecular weight is 505 g/mol. The third-order valence-electron chi connectivity index (χ3n) is 3.59. The quantitative estimate of drug-likeness (QED) is 0.231. The van der Waals surface area contributed by atoms with E-state index in [9.17, 15) is 13.5 Å². The summed E-state index contributed by atoms with van der Waals surface area (Å²) in [5, 5.41) is 10.1. The predicted molar refractivity (Wildman–Crippen MR) is 111 cm³/mol. The first-order valence-electron chi connectivity index (χ1n) is 7.82. The van der Waals surface area contributed by atoms with Gasteiger partial charge in [-0.1, -0.05) is 0 Å². The van der Waals surface area contributed by atoms with Crippen molar-refractivity contribution in [2.24, 2.45) is 0 Å². The van der Waals surface area contributed by atoms with Crippen LogP contribution in [0, 0.1) is 0 Å². The molecule has 0 unspecified atom stereocenters. The fourth-order valence-electron chi connectivity index (χ4n) is 2.18. The molecule has 0 aromatic heterocycles. The number of anilines is 3. The topological polar surface area (TPSA) is 118 Å². The van der Waals surface area contributed by atoms with Crippen molar-refractivity contribution < 1.29 is 13.5 Å². The molecule has 0 heterocycles. The monoisotopic (exact) mass is 505 g/mol. The van der Waals surface area contributed by atoms with Crippen LogP contribution in [0.3, 0.4) is 0 Å². The van der Waals surface area contributed by atoms with Gasteiger partial charge in [0.05, 0.1) is 0 Å². The molecule has 0 bridgehead atoms. The van der Waals surface area contributed by atoms with Crippen molar-refractivity contribution in [1.82, 2.24) is 0 Å². The Labute approximate surface area is 168 Å². The molecular weight excluding hydrogens is 488 g/mol. The molecule has 0 atom stereocenters. The van der Waals surface area contributed by atoms with Gasteiger partial charge in [0.25, 0.3) is 0 Å². The van der Waals surface area contributed by atoms with Gasteiger partial charge in [-0.15, -0.1) is 0 Å². The maximum absolute atomic E-state index is 12.5. The number of benzene rings is 3. The number of nitrogens with two attached hydrogens (primary N) is 2. The van der Waals surface area contributed by atoms with E-state index in [1.165, 1.54) is 34.7 Å². The van der Waals surface area contributed by atoms with Crippen molar-refractivity contribution in [2.45, 2.75) is 4.90 Å². The van der Waals surface area contributed by atoms with Crippen molar-refractivity contribution in [3.8, 4) is 5.75 Å². The zero-order valence-electron chi connectivity index (χ0n) is 14.1. The van der Waals surface area contributed by atoms with Crippen LogP contribution in [0.2, 0.25) is 0 Å². The molecule has 3 aromatic carbocycles. The average Bonchev–Trinajstić information content (AvgIpc) is 2.64. The van der Waals surface area contributed by atoms with Crippen LogP contribution in [0.25, 0.3) is 0 Å². The number of phenolic OH excluding ortho intramolecular Hbond substituents is 1. The second kappa shape index (κ2) is 8.30. The Morgan fingerprint density at radius 1 is 0.778 bits per heavy atom. The van der Waals surface area contributed by atoms with E-state index >= 15 is 0 Å². The van der Waals surface area contributed by atoms with Gasteiger partial charge in [-0.25, -0.2) is 0 Å². The number of hydrogen-bond acceptors (Lipinski definition) is 5. The number of nitrogen functional groups attached to an aromatic ring is 2. The van der Waals surface area contributed by atoms with E-state index in [-0.39, 0.29) is 42.6 Å². The second-order valence-corrected chi connectivity index (χ2v) is 14.7. The third kappa shape index (κ3) is 5.22. The molecule has 0 aliphatic heterocycles. The molecule has 0 aliphatic carbocycles. The van der Waals surface area contributed by atoms with E-state index in [2.05, 4.69) is 4.72 Å². The standard InChI is InChI=1S/C18H17As2N3O3S/c21-14-4-1-12(2-5-14)19-20-13-3-10-18(24)17(11-13)23-27(25,26)16-8-6-15(22)7-9-16/h1-11,23-24H,21-22H2. The Hall–Kier alpha value is -2.07. The Morgan fingerprint density at radius 2 is 1.30 bits per heavy atom. The summed E-state index contributed by atoms with van der Waals surface area (Å²) in [6, 6.07) is 18.8. The molecule has 0 aliphatic rings. The molecule has 138 valence electrons. The van der Waals surface area contributed by atoms with Crippen molar-refractivity contribution in [3.63, 3.8) is 0 Å². The van der Waals surface area contributed by atoms with E-state index in [0.29, 0.717) is 5.69 Å². The van der Waals surface area contributed by atoms with Crippen LogP contribution in [-0.4, -0.2) is 39.8 Å². The van der Waals surface area contributed by atoms with Gasteiger partial charge in [-0.05, 0) is 0 Å². The SMILES string of the molecule is Nc1ccc([As]=[As]c2ccc(O)c(NS(=O)(=O)c3ccc(N)cc3)c2)cc1. The van der Waals surface area contributed by atoms with Crippen LogP contribution < -0.4 is 24.9 Å². The van der Waals surface area contributed by atoms with Gasteiger partial charge in [-0.2, -0.15) is 0 Å². The van der Waals surface area contributed by atoms with Crippen molar-refractivity contribution in [2.75, 3.05) is 16.2 Å². The minimum atomic E-state index is -3.80. The molecule has 0 fully saturated rings. The summed E-state index contributed by atoms with van der Waals surface area (Å²) >= 11 is -0.188. The van der Waals surface area contributed by atoms with Crippen molar-refractivity contribution in [3.05, 3.63) is 66.7 Å².